The third kappa shape index (κ3) is 4.85. The molecule has 6 heteroatoms. The van der Waals surface area contributed by atoms with Gasteiger partial charge < -0.3 is 20.3 Å². The van der Waals surface area contributed by atoms with Gasteiger partial charge in [0.05, 0.1) is 6.10 Å². The van der Waals surface area contributed by atoms with Crippen LogP contribution in [0.15, 0.2) is 4.52 Å². The molecule has 1 rings (SSSR count). The van der Waals surface area contributed by atoms with Crippen molar-refractivity contribution in [3.05, 3.63) is 11.5 Å². The van der Waals surface area contributed by atoms with Crippen molar-refractivity contribution in [1.82, 2.24) is 10.5 Å². The van der Waals surface area contributed by atoms with Crippen molar-refractivity contribution in [2.75, 3.05) is 11.9 Å². The van der Waals surface area contributed by atoms with E-state index in [1.54, 1.807) is 13.8 Å². The molecular weight excluding hydrogens is 258 g/mol. The monoisotopic (exact) mass is 283 g/mol. The summed E-state index contributed by atoms with van der Waals surface area (Å²) >= 11 is 0. The summed E-state index contributed by atoms with van der Waals surface area (Å²) in [6.45, 7) is 9.95. The number of urea groups is 1. The molecule has 1 aromatic rings. The molecule has 0 bridgehead atoms. The average molecular weight is 283 g/mol. The Balaban J connectivity index is 2.54. The van der Waals surface area contributed by atoms with E-state index in [0.717, 1.165) is 5.69 Å². The zero-order valence-corrected chi connectivity index (χ0v) is 12.9. The predicted molar refractivity (Wildman–Crippen MR) is 77.7 cm³/mol. The van der Waals surface area contributed by atoms with Crippen LogP contribution >= 0.6 is 0 Å². The third-order valence-corrected chi connectivity index (χ3v) is 3.08. The highest BCUT2D eigenvalue weighted by molar-refractivity contribution is 5.90. The van der Waals surface area contributed by atoms with Crippen molar-refractivity contribution in [1.29, 1.82) is 0 Å². The lowest BCUT2D eigenvalue weighted by atomic mass is 9.87. The maximum Gasteiger partial charge on any atom is 0.319 e. The average Bonchev–Trinajstić information content (AvgIpc) is 2.67. The summed E-state index contributed by atoms with van der Waals surface area (Å²) in [6.07, 6.45) is 0.933. The molecule has 0 aliphatic rings. The van der Waals surface area contributed by atoms with Crippen LogP contribution in [0.2, 0.25) is 0 Å². The summed E-state index contributed by atoms with van der Waals surface area (Å²) in [5.41, 5.74) is 1.21. The Bertz CT molecular complexity index is 453. The third-order valence-electron chi connectivity index (χ3n) is 3.08. The van der Waals surface area contributed by atoms with Gasteiger partial charge in [0.25, 0.3) is 0 Å². The van der Waals surface area contributed by atoms with Gasteiger partial charge in [-0.3, -0.25) is 0 Å². The number of hydrogen-bond donors (Lipinski definition) is 3. The van der Waals surface area contributed by atoms with Gasteiger partial charge >= 0.3 is 6.03 Å². The van der Waals surface area contributed by atoms with E-state index in [4.69, 9.17) is 4.52 Å². The second kappa shape index (κ2) is 6.74. The summed E-state index contributed by atoms with van der Waals surface area (Å²) in [5.74, 6) is 0.597. The van der Waals surface area contributed by atoms with Crippen LogP contribution in [-0.2, 0) is 6.42 Å². The number of rotatable bonds is 6. The van der Waals surface area contributed by atoms with Crippen LogP contribution < -0.4 is 10.6 Å². The van der Waals surface area contributed by atoms with E-state index in [-0.39, 0.29) is 17.6 Å². The van der Waals surface area contributed by atoms with E-state index in [2.05, 4.69) is 15.8 Å². The molecule has 20 heavy (non-hydrogen) atoms. The van der Waals surface area contributed by atoms with Gasteiger partial charge in [-0.15, -0.1) is 0 Å². The highest BCUT2D eigenvalue weighted by Gasteiger charge is 2.22. The Morgan fingerprint density at radius 3 is 2.70 bits per heavy atom. The second-order valence-electron chi connectivity index (χ2n) is 5.94. The first kappa shape index (κ1) is 16.5. The zero-order chi connectivity index (χ0) is 15.3. The molecule has 114 valence electrons. The molecule has 0 aliphatic carbocycles. The molecule has 0 aromatic carbocycles. The first-order valence-electron chi connectivity index (χ1n) is 6.93. The molecular formula is C14H25N3O3. The number of aliphatic hydroxyl groups is 1. The van der Waals surface area contributed by atoms with Crippen molar-refractivity contribution in [3.8, 4) is 0 Å². The number of nitrogens with one attached hydrogen (secondary N) is 2. The molecule has 0 spiro atoms. The molecule has 1 atom stereocenters. The normalized spacial score (nSPS) is 13.1. The van der Waals surface area contributed by atoms with Crippen LogP contribution in [-0.4, -0.2) is 28.9 Å². The molecule has 0 saturated carbocycles. The second-order valence-corrected chi connectivity index (χ2v) is 5.94. The SMILES string of the molecule is CCc1noc(C)c1NC(=O)NCC(C)(C)CC(C)O. The minimum absolute atomic E-state index is 0.164. The van der Waals surface area contributed by atoms with Crippen LogP contribution in [0.3, 0.4) is 0 Å². The predicted octanol–water partition coefficient (Wildman–Crippen LogP) is 2.46. The van der Waals surface area contributed by atoms with E-state index >= 15 is 0 Å². The first-order valence-corrected chi connectivity index (χ1v) is 6.93. The Kier molecular flexibility index (Phi) is 5.56. The van der Waals surface area contributed by atoms with Crippen LogP contribution in [0.1, 0.15) is 45.6 Å². The van der Waals surface area contributed by atoms with Gasteiger partial charge in [0, 0.05) is 6.54 Å². The minimum Gasteiger partial charge on any atom is -0.393 e. The Labute approximate surface area is 119 Å². The van der Waals surface area contributed by atoms with Gasteiger partial charge in [-0.05, 0) is 32.1 Å². The fourth-order valence-electron chi connectivity index (χ4n) is 2.17. The summed E-state index contributed by atoms with van der Waals surface area (Å²) in [7, 11) is 0. The maximum absolute atomic E-state index is 11.9. The van der Waals surface area contributed by atoms with Crippen LogP contribution in [0, 0.1) is 12.3 Å². The molecule has 0 radical (unpaired) electrons. The van der Waals surface area contributed by atoms with Gasteiger partial charge in [-0.25, -0.2) is 4.79 Å². The fraction of sp³-hybridized carbons (Fsp3) is 0.714. The van der Waals surface area contributed by atoms with Crippen molar-refractivity contribution in [2.24, 2.45) is 5.41 Å². The van der Waals surface area contributed by atoms with Crippen molar-refractivity contribution in [3.63, 3.8) is 0 Å². The standard InChI is InChI=1S/C14H25N3O3/c1-6-11-12(10(3)20-17-11)16-13(19)15-8-14(4,5)7-9(2)18/h9,18H,6-8H2,1-5H3,(H2,15,16,19). The lowest BCUT2D eigenvalue weighted by molar-refractivity contribution is 0.129. The van der Waals surface area contributed by atoms with Crippen LogP contribution in [0.5, 0.6) is 0 Å². The summed E-state index contributed by atoms with van der Waals surface area (Å²) < 4.78 is 5.06. The zero-order valence-electron chi connectivity index (χ0n) is 12.9. The molecule has 1 aromatic heterocycles. The van der Waals surface area contributed by atoms with E-state index < -0.39 is 0 Å². The quantitative estimate of drug-likeness (QED) is 0.748. The molecule has 1 unspecified atom stereocenters. The summed E-state index contributed by atoms with van der Waals surface area (Å²) in [4.78, 5) is 11.9. The first-order chi connectivity index (χ1) is 9.25. The van der Waals surface area contributed by atoms with Gasteiger partial charge in [0.1, 0.15) is 11.4 Å². The number of aryl methyl sites for hydroxylation is 2. The molecule has 6 nitrogen and oxygen atoms in total. The molecule has 3 N–H and O–H groups in total. The van der Waals surface area contributed by atoms with Crippen LogP contribution in [0.4, 0.5) is 10.5 Å². The minimum atomic E-state index is -0.387. The van der Waals surface area contributed by atoms with Gasteiger partial charge in [0.2, 0.25) is 0 Å². The summed E-state index contributed by atoms with van der Waals surface area (Å²) in [6, 6.07) is -0.287. The van der Waals surface area contributed by atoms with Gasteiger partial charge in [-0.1, -0.05) is 25.9 Å². The lowest BCUT2D eigenvalue weighted by Gasteiger charge is -2.26. The van der Waals surface area contributed by atoms with Crippen molar-refractivity contribution >= 4 is 11.7 Å². The molecule has 0 saturated heterocycles. The van der Waals surface area contributed by atoms with E-state index in [0.29, 0.717) is 30.8 Å². The number of hydrogen-bond acceptors (Lipinski definition) is 4. The number of anilines is 1. The maximum atomic E-state index is 11.9. The molecule has 0 aliphatic heterocycles. The molecule has 0 fully saturated rings. The van der Waals surface area contributed by atoms with Gasteiger partial charge in [0.15, 0.2) is 5.76 Å². The van der Waals surface area contributed by atoms with E-state index in [9.17, 15) is 9.90 Å². The van der Waals surface area contributed by atoms with E-state index in [1.807, 2.05) is 20.8 Å². The van der Waals surface area contributed by atoms with Crippen LogP contribution in [0.25, 0.3) is 0 Å². The number of aliphatic hydroxyl groups excluding tert-OH is 1. The highest BCUT2D eigenvalue weighted by Crippen LogP contribution is 2.22. The van der Waals surface area contributed by atoms with E-state index in [1.165, 1.54) is 0 Å². The Morgan fingerprint density at radius 1 is 1.50 bits per heavy atom. The number of aromatic nitrogens is 1. The number of carbonyl (C=O) groups excluding carboxylic acids is 1. The fourth-order valence-corrected chi connectivity index (χ4v) is 2.17. The largest absolute Gasteiger partial charge is 0.393 e. The lowest BCUT2D eigenvalue weighted by Crippen LogP contribution is -2.38. The van der Waals surface area contributed by atoms with Crippen molar-refractivity contribution in [2.45, 2.75) is 53.6 Å². The van der Waals surface area contributed by atoms with Gasteiger partial charge in [-0.2, -0.15) is 0 Å². The summed E-state index contributed by atoms with van der Waals surface area (Å²) in [5, 5.41) is 18.9. The highest BCUT2D eigenvalue weighted by atomic mass is 16.5. The number of nitrogens with zero attached hydrogens (tertiary/aromatic N) is 1. The number of carbonyl (C=O) groups is 1. The molecule has 2 amide bonds. The smallest absolute Gasteiger partial charge is 0.319 e. The molecule has 1 heterocycles. The topological polar surface area (TPSA) is 87.4 Å². The Hall–Kier alpha value is -1.56. The van der Waals surface area contributed by atoms with Crippen molar-refractivity contribution < 1.29 is 14.4 Å². The number of amides is 2. The Morgan fingerprint density at radius 2 is 2.15 bits per heavy atom.